The number of rotatable bonds is 5. The number of anilines is 1. The molecular formula is C27H35N3O2. The van der Waals surface area contributed by atoms with Gasteiger partial charge in [0.1, 0.15) is 0 Å². The van der Waals surface area contributed by atoms with Crippen LogP contribution in [0.15, 0.2) is 48.5 Å². The zero-order valence-corrected chi connectivity index (χ0v) is 19.6. The van der Waals surface area contributed by atoms with Crippen molar-refractivity contribution >= 4 is 17.5 Å². The maximum absolute atomic E-state index is 13.3. The number of fused-ring (bicyclic) bond motifs is 1. The summed E-state index contributed by atoms with van der Waals surface area (Å²) in [5.41, 5.74) is 4.40. The van der Waals surface area contributed by atoms with Gasteiger partial charge in [-0.25, -0.2) is 0 Å². The summed E-state index contributed by atoms with van der Waals surface area (Å²) in [5.74, 6) is 0.239. The van der Waals surface area contributed by atoms with Gasteiger partial charge in [0.25, 0.3) is 0 Å². The summed E-state index contributed by atoms with van der Waals surface area (Å²) in [4.78, 5) is 29.3. The third-order valence-corrected chi connectivity index (χ3v) is 7.35. The van der Waals surface area contributed by atoms with Gasteiger partial charge in [-0.05, 0) is 61.9 Å². The van der Waals surface area contributed by atoms with Crippen molar-refractivity contribution in [3.8, 4) is 0 Å². The van der Waals surface area contributed by atoms with Crippen LogP contribution in [-0.4, -0.2) is 39.7 Å². The van der Waals surface area contributed by atoms with Crippen LogP contribution in [0.2, 0.25) is 0 Å². The van der Waals surface area contributed by atoms with E-state index >= 15 is 0 Å². The molecule has 0 radical (unpaired) electrons. The van der Waals surface area contributed by atoms with E-state index in [-0.39, 0.29) is 11.4 Å². The predicted octanol–water partition coefficient (Wildman–Crippen LogP) is 4.89. The molecule has 2 aliphatic heterocycles. The second-order valence-corrected chi connectivity index (χ2v) is 9.62. The van der Waals surface area contributed by atoms with Crippen LogP contribution in [-0.2, 0) is 22.7 Å². The molecule has 170 valence electrons. The SMILES string of the molecule is CC(=O)Nc1ccc(CN2CC[C@]3(C)[C@H]2CCCCC(=O)N3Cc2ccccc2C)cc1. The third kappa shape index (κ3) is 4.73. The summed E-state index contributed by atoms with van der Waals surface area (Å²) >= 11 is 0. The van der Waals surface area contributed by atoms with E-state index in [1.807, 2.05) is 12.1 Å². The van der Waals surface area contributed by atoms with E-state index in [4.69, 9.17) is 0 Å². The fourth-order valence-corrected chi connectivity index (χ4v) is 5.47. The molecule has 2 aromatic carbocycles. The first-order valence-electron chi connectivity index (χ1n) is 11.8. The lowest BCUT2D eigenvalue weighted by atomic mass is 9.84. The highest BCUT2D eigenvalue weighted by Crippen LogP contribution is 2.40. The largest absolute Gasteiger partial charge is 0.331 e. The van der Waals surface area contributed by atoms with Crippen molar-refractivity contribution in [2.45, 2.75) is 77.5 Å². The molecule has 0 saturated carbocycles. The lowest BCUT2D eigenvalue weighted by molar-refractivity contribution is -0.140. The van der Waals surface area contributed by atoms with E-state index < -0.39 is 0 Å². The Morgan fingerprint density at radius 2 is 1.84 bits per heavy atom. The van der Waals surface area contributed by atoms with Crippen LogP contribution in [0.4, 0.5) is 5.69 Å². The minimum atomic E-state index is -0.157. The Labute approximate surface area is 191 Å². The molecule has 5 nitrogen and oxygen atoms in total. The van der Waals surface area contributed by atoms with Gasteiger partial charge in [0.05, 0.1) is 5.54 Å². The third-order valence-electron chi connectivity index (χ3n) is 7.35. The number of hydrogen-bond donors (Lipinski definition) is 1. The Balaban J connectivity index is 1.55. The van der Waals surface area contributed by atoms with E-state index in [2.05, 4.69) is 65.4 Å². The van der Waals surface area contributed by atoms with Crippen molar-refractivity contribution in [1.29, 1.82) is 0 Å². The van der Waals surface area contributed by atoms with Crippen molar-refractivity contribution in [1.82, 2.24) is 9.80 Å². The summed E-state index contributed by atoms with van der Waals surface area (Å²) in [6, 6.07) is 16.9. The summed E-state index contributed by atoms with van der Waals surface area (Å²) in [7, 11) is 0. The second-order valence-electron chi connectivity index (χ2n) is 9.62. The van der Waals surface area contributed by atoms with Crippen LogP contribution in [0.5, 0.6) is 0 Å². The van der Waals surface area contributed by atoms with Gasteiger partial charge in [-0.1, -0.05) is 42.8 Å². The van der Waals surface area contributed by atoms with Crippen LogP contribution in [0.25, 0.3) is 0 Å². The first kappa shape index (κ1) is 22.5. The highest BCUT2D eigenvalue weighted by atomic mass is 16.2. The van der Waals surface area contributed by atoms with Gasteiger partial charge in [-0.15, -0.1) is 0 Å². The normalized spacial score (nSPS) is 24.0. The Bertz CT molecular complexity index is 971. The van der Waals surface area contributed by atoms with Crippen molar-refractivity contribution < 1.29 is 9.59 Å². The minimum absolute atomic E-state index is 0.0546. The van der Waals surface area contributed by atoms with Gasteiger partial charge in [0, 0.05) is 44.7 Å². The second kappa shape index (κ2) is 9.45. The number of carbonyl (C=O) groups is 2. The van der Waals surface area contributed by atoms with Crippen LogP contribution >= 0.6 is 0 Å². The highest BCUT2D eigenvalue weighted by molar-refractivity contribution is 5.88. The number of benzene rings is 2. The van der Waals surface area contributed by atoms with Crippen molar-refractivity contribution in [2.24, 2.45) is 0 Å². The van der Waals surface area contributed by atoms with Gasteiger partial charge in [0.2, 0.25) is 11.8 Å². The van der Waals surface area contributed by atoms with E-state index in [0.717, 1.165) is 44.5 Å². The minimum Gasteiger partial charge on any atom is -0.331 e. The monoisotopic (exact) mass is 433 g/mol. The first-order chi connectivity index (χ1) is 15.4. The smallest absolute Gasteiger partial charge is 0.223 e. The van der Waals surface area contributed by atoms with Crippen molar-refractivity contribution in [3.05, 3.63) is 65.2 Å². The van der Waals surface area contributed by atoms with E-state index in [9.17, 15) is 9.59 Å². The molecule has 2 saturated heterocycles. The number of nitrogens with one attached hydrogen (secondary N) is 1. The predicted molar refractivity (Wildman–Crippen MR) is 128 cm³/mol. The molecule has 4 rings (SSSR count). The molecule has 0 unspecified atom stereocenters. The van der Waals surface area contributed by atoms with Gasteiger partial charge < -0.3 is 10.2 Å². The first-order valence-corrected chi connectivity index (χ1v) is 11.8. The summed E-state index contributed by atoms with van der Waals surface area (Å²) in [6.45, 7) is 8.52. The maximum Gasteiger partial charge on any atom is 0.223 e. The number of aryl methyl sites for hydroxylation is 1. The van der Waals surface area contributed by atoms with Crippen LogP contribution in [0.3, 0.4) is 0 Å². The summed E-state index contributed by atoms with van der Waals surface area (Å²) < 4.78 is 0. The fraction of sp³-hybridized carbons (Fsp3) is 0.481. The lowest BCUT2D eigenvalue weighted by Crippen LogP contribution is -2.57. The average Bonchev–Trinajstić information content (AvgIpc) is 3.06. The number of carbonyl (C=O) groups excluding carboxylic acids is 2. The van der Waals surface area contributed by atoms with Crippen LogP contribution in [0, 0.1) is 6.92 Å². The van der Waals surface area contributed by atoms with Crippen LogP contribution in [0.1, 0.15) is 62.6 Å². The number of likely N-dealkylation sites (tertiary alicyclic amines) is 2. The molecule has 0 aliphatic carbocycles. The molecule has 0 spiro atoms. The van der Waals surface area contributed by atoms with Gasteiger partial charge in [-0.2, -0.15) is 0 Å². The standard InChI is InChI=1S/C27H35N3O2/c1-20-8-4-5-9-23(20)19-30-26(32)11-7-6-10-25-27(30,3)16-17-29(25)18-22-12-14-24(15-13-22)28-21(2)31/h4-5,8-9,12-15,25H,6-7,10-11,16-19H2,1-3H3,(H,28,31)/t25-,27-/m1/s1. The number of amides is 2. The Kier molecular flexibility index (Phi) is 6.66. The molecule has 2 atom stereocenters. The van der Waals surface area contributed by atoms with Crippen molar-refractivity contribution in [2.75, 3.05) is 11.9 Å². The number of hydrogen-bond acceptors (Lipinski definition) is 3. The molecule has 2 aliphatic rings. The zero-order valence-electron chi connectivity index (χ0n) is 19.6. The van der Waals surface area contributed by atoms with Crippen molar-refractivity contribution in [3.63, 3.8) is 0 Å². The molecule has 2 aromatic rings. The summed E-state index contributed by atoms with van der Waals surface area (Å²) in [5, 5.41) is 2.83. The molecule has 0 aromatic heterocycles. The topological polar surface area (TPSA) is 52.7 Å². The molecule has 32 heavy (non-hydrogen) atoms. The van der Waals surface area contributed by atoms with E-state index in [0.29, 0.717) is 24.9 Å². The van der Waals surface area contributed by atoms with E-state index in [1.165, 1.54) is 23.6 Å². The molecule has 2 heterocycles. The molecule has 5 heteroatoms. The Morgan fingerprint density at radius 1 is 1.09 bits per heavy atom. The Hall–Kier alpha value is -2.66. The molecule has 0 bridgehead atoms. The quantitative estimate of drug-likeness (QED) is 0.730. The van der Waals surface area contributed by atoms with Gasteiger partial charge >= 0.3 is 0 Å². The zero-order chi connectivity index (χ0) is 22.7. The lowest BCUT2D eigenvalue weighted by Gasteiger charge is -2.46. The molecule has 2 fully saturated rings. The summed E-state index contributed by atoms with van der Waals surface area (Å²) in [6.07, 6.45) is 4.84. The fourth-order valence-electron chi connectivity index (χ4n) is 5.47. The average molecular weight is 434 g/mol. The molecule has 1 N–H and O–H groups in total. The number of nitrogens with zero attached hydrogens (tertiary/aromatic N) is 2. The maximum atomic E-state index is 13.3. The van der Waals surface area contributed by atoms with Gasteiger partial charge in [0.15, 0.2) is 0 Å². The van der Waals surface area contributed by atoms with Gasteiger partial charge in [-0.3, -0.25) is 14.5 Å². The molecular weight excluding hydrogens is 398 g/mol. The Morgan fingerprint density at radius 3 is 2.56 bits per heavy atom. The highest BCUT2D eigenvalue weighted by Gasteiger charge is 2.49. The van der Waals surface area contributed by atoms with Crippen LogP contribution < -0.4 is 5.32 Å². The molecule has 2 amide bonds. The van der Waals surface area contributed by atoms with E-state index in [1.54, 1.807) is 0 Å².